The molecule has 2 aromatic heterocycles. The lowest BCUT2D eigenvalue weighted by atomic mass is 10.2. The highest BCUT2D eigenvalue weighted by Gasteiger charge is 2.30. The molecule has 12 heteroatoms. The molecule has 2 aromatic carbocycles. The minimum Gasteiger partial charge on any atom is -0.487 e. The van der Waals surface area contributed by atoms with Crippen LogP contribution >= 0.6 is 0 Å². The van der Waals surface area contributed by atoms with Gasteiger partial charge in [0.1, 0.15) is 12.4 Å². The lowest BCUT2D eigenvalue weighted by molar-refractivity contribution is -0.137. The van der Waals surface area contributed by atoms with Gasteiger partial charge < -0.3 is 9.30 Å². The zero-order valence-corrected chi connectivity index (χ0v) is 18.0. The maximum atomic E-state index is 12.7. The molecule has 0 saturated carbocycles. The molecule has 0 aliphatic heterocycles. The number of imidazole rings is 1. The van der Waals surface area contributed by atoms with Gasteiger partial charge >= 0.3 is 6.18 Å². The molecule has 8 nitrogen and oxygen atoms in total. The number of aromatic nitrogens is 4. The molecule has 0 aliphatic carbocycles. The smallest absolute Gasteiger partial charge is 0.416 e. The van der Waals surface area contributed by atoms with E-state index in [1.165, 1.54) is 24.3 Å². The van der Waals surface area contributed by atoms with Gasteiger partial charge in [-0.2, -0.15) is 18.3 Å². The Bertz CT molecular complexity index is 1380. The normalized spacial score (nSPS) is 12.2. The van der Waals surface area contributed by atoms with Crippen LogP contribution in [0.2, 0.25) is 0 Å². The Hall–Kier alpha value is -3.64. The fourth-order valence-electron chi connectivity index (χ4n) is 3.15. The number of hydrogen-bond donors (Lipinski definition) is 1. The van der Waals surface area contributed by atoms with E-state index >= 15 is 0 Å². The van der Waals surface area contributed by atoms with E-state index in [2.05, 4.69) is 10.1 Å². The van der Waals surface area contributed by atoms with Gasteiger partial charge in [0, 0.05) is 24.5 Å². The fraction of sp³-hybridized carbons (Fsp3) is 0.143. The van der Waals surface area contributed by atoms with Crippen LogP contribution < -0.4 is 9.88 Å². The van der Waals surface area contributed by atoms with Gasteiger partial charge in [0.25, 0.3) is 0 Å². The van der Waals surface area contributed by atoms with E-state index in [-0.39, 0.29) is 17.3 Å². The number of halogens is 3. The number of nitrogens with zero attached hydrogens (tertiary/aromatic N) is 4. The van der Waals surface area contributed by atoms with Crippen molar-refractivity contribution >= 4 is 10.0 Å². The van der Waals surface area contributed by atoms with Crippen LogP contribution in [-0.4, -0.2) is 27.7 Å². The van der Waals surface area contributed by atoms with E-state index in [1.54, 1.807) is 47.2 Å². The van der Waals surface area contributed by atoms with E-state index in [0.717, 1.165) is 12.1 Å². The first kappa shape index (κ1) is 22.6. The second kappa shape index (κ2) is 8.37. The summed E-state index contributed by atoms with van der Waals surface area (Å²) >= 11 is 0. The summed E-state index contributed by atoms with van der Waals surface area (Å²) in [4.78, 5) is 4.39. The van der Waals surface area contributed by atoms with Gasteiger partial charge in [0.15, 0.2) is 0 Å². The Morgan fingerprint density at radius 3 is 2.33 bits per heavy atom. The quantitative estimate of drug-likeness (QED) is 0.458. The fourth-order valence-corrected chi connectivity index (χ4v) is 3.67. The first-order chi connectivity index (χ1) is 15.5. The molecule has 0 aliphatic rings. The minimum absolute atomic E-state index is 0.00143. The summed E-state index contributed by atoms with van der Waals surface area (Å²) in [6.07, 6.45) is 0.507. The van der Waals surface area contributed by atoms with Crippen LogP contribution in [-0.2, 0) is 29.9 Å². The topological polar surface area (TPSA) is 105 Å². The molecule has 0 saturated heterocycles. The third-order valence-electron chi connectivity index (χ3n) is 4.94. The Labute approximate surface area is 187 Å². The monoisotopic (exact) mass is 477 g/mol. The summed E-state index contributed by atoms with van der Waals surface area (Å²) in [7, 11) is -2.07. The van der Waals surface area contributed by atoms with E-state index in [1.807, 2.05) is 0 Å². The van der Waals surface area contributed by atoms with Crippen LogP contribution in [0.5, 0.6) is 5.75 Å². The van der Waals surface area contributed by atoms with Crippen molar-refractivity contribution < 1.29 is 26.3 Å². The van der Waals surface area contributed by atoms with E-state index in [0.29, 0.717) is 22.6 Å². The molecule has 0 unspecified atom stereocenters. The molecule has 4 aromatic rings. The molecule has 0 radical (unpaired) electrons. The SMILES string of the molecule is Cn1ncc(-c2cn(-c3ccc(S(N)(=O)=O)cc3)cn2)c1COc1ccc(C(F)(F)F)cc1. The number of sulfonamides is 1. The summed E-state index contributed by atoms with van der Waals surface area (Å²) in [5, 5.41) is 9.35. The van der Waals surface area contributed by atoms with E-state index in [4.69, 9.17) is 9.88 Å². The van der Waals surface area contributed by atoms with Gasteiger partial charge in [-0.3, -0.25) is 4.68 Å². The summed E-state index contributed by atoms with van der Waals surface area (Å²) in [6.45, 7) is 0.0626. The van der Waals surface area contributed by atoms with Crippen molar-refractivity contribution in [3.05, 3.63) is 78.5 Å². The standard InChI is InChI=1S/C21H18F3N5O3S/c1-28-20(12-32-16-6-2-14(3-7-16)21(22,23)24)18(10-27-28)19-11-29(13-26-19)15-4-8-17(9-5-15)33(25,30)31/h2-11,13H,12H2,1H3,(H2,25,30,31). The van der Waals surface area contributed by atoms with Crippen molar-refractivity contribution in [3.8, 4) is 22.7 Å². The lowest BCUT2D eigenvalue weighted by Gasteiger charge is -2.10. The summed E-state index contributed by atoms with van der Waals surface area (Å²) in [5.41, 5.74) is 1.87. The number of benzene rings is 2. The predicted molar refractivity (Wildman–Crippen MR) is 113 cm³/mol. The number of rotatable bonds is 6. The van der Waals surface area contributed by atoms with Crippen molar-refractivity contribution in [2.45, 2.75) is 17.7 Å². The van der Waals surface area contributed by atoms with Gasteiger partial charge in [-0.15, -0.1) is 0 Å². The molecule has 2 heterocycles. The van der Waals surface area contributed by atoms with Gasteiger partial charge in [0.2, 0.25) is 10.0 Å². The van der Waals surface area contributed by atoms with Crippen molar-refractivity contribution in [2.24, 2.45) is 12.2 Å². The highest BCUT2D eigenvalue weighted by atomic mass is 32.2. The summed E-state index contributed by atoms with van der Waals surface area (Å²) < 4.78 is 70.0. The van der Waals surface area contributed by atoms with Crippen LogP contribution in [0.25, 0.3) is 16.9 Å². The average Bonchev–Trinajstić information content (AvgIpc) is 3.38. The lowest BCUT2D eigenvalue weighted by Crippen LogP contribution is -2.11. The molecular formula is C21H18F3N5O3S. The summed E-state index contributed by atoms with van der Waals surface area (Å²) in [5.74, 6) is 0.288. The molecule has 172 valence electrons. The van der Waals surface area contributed by atoms with Crippen LogP contribution in [0.4, 0.5) is 13.2 Å². The number of ether oxygens (including phenoxy) is 1. The molecule has 4 rings (SSSR count). The molecule has 0 atom stereocenters. The maximum absolute atomic E-state index is 12.7. The summed E-state index contributed by atoms with van der Waals surface area (Å²) in [6, 6.07) is 10.4. The van der Waals surface area contributed by atoms with Gasteiger partial charge in [-0.1, -0.05) is 0 Å². The molecule has 2 N–H and O–H groups in total. The Morgan fingerprint density at radius 1 is 1.06 bits per heavy atom. The van der Waals surface area contributed by atoms with Crippen LogP contribution in [0.1, 0.15) is 11.3 Å². The molecular weight excluding hydrogens is 459 g/mol. The zero-order valence-electron chi connectivity index (χ0n) is 17.2. The van der Waals surface area contributed by atoms with E-state index < -0.39 is 21.8 Å². The number of hydrogen-bond acceptors (Lipinski definition) is 5. The number of primary sulfonamides is 1. The molecule has 33 heavy (non-hydrogen) atoms. The first-order valence-electron chi connectivity index (χ1n) is 9.51. The Balaban J connectivity index is 1.53. The molecule has 0 amide bonds. The second-order valence-electron chi connectivity index (χ2n) is 7.14. The maximum Gasteiger partial charge on any atom is 0.416 e. The second-order valence-corrected chi connectivity index (χ2v) is 8.71. The third kappa shape index (κ3) is 4.91. The third-order valence-corrected chi connectivity index (χ3v) is 5.87. The number of aryl methyl sites for hydroxylation is 1. The first-order valence-corrected chi connectivity index (χ1v) is 11.1. The van der Waals surface area contributed by atoms with Crippen molar-refractivity contribution in [3.63, 3.8) is 0 Å². The average molecular weight is 477 g/mol. The molecule has 0 bridgehead atoms. The van der Waals surface area contributed by atoms with Crippen LogP contribution in [0.3, 0.4) is 0 Å². The highest BCUT2D eigenvalue weighted by Crippen LogP contribution is 2.31. The number of nitrogens with two attached hydrogens (primary N) is 1. The van der Waals surface area contributed by atoms with Crippen molar-refractivity contribution in [2.75, 3.05) is 0 Å². The van der Waals surface area contributed by atoms with Gasteiger partial charge in [-0.25, -0.2) is 18.5 Å². The Morgan fingerprint density at radius 2 is 1.73 bits per heavy atom. The van der Waals surface area contributed by atoms with Gasteiger partial charge in [0.05, 0.1) is 34.4 Å². The van der Waals surface area contributed by atoms with Crippen LogP contribution in [0.15, 0.2) is 72.1 Å². The largest absolute Gasteiger partial charge is 0.487 e. The van der Waals surface area contributed by atoms with Crippen molar-refractivity contribution in [1.82, 2.24) is 19.3 Å². The zero-order chi connectivity index (χ0) is 23.8. The molecule has 0 fully saturated rings. The number of alkyl halides is 3. The Kier molecular flexibility index (Phi) is 5.72. The predicted octanol–water partition coefficient (Wildman–Crippen LogP) is 3.52. The van der Waals surface area contributed by atoms with Gasteiger partial charge in [-0.05, 0) is 48.5 Å². The van der Waals surface area contributed by atoms with Crippen LogP contribution in [0, 0.1) is 0 Å². The van der Waals surface area contributed by atoms with E-state index in [9.17, 15) is 21.6 Å². The molecule has 0 spiro atoms. The highest BCUT2D eigenvalue weighted by molar-refractivity contribution is 7.89. The van der Waals surface area contributed by atoms with Crippen molar-refractivity contribution in [1.29, 1.82) is 0 Å². The minimum atomic E-state index is -4.41.